The van der Waals surface area contributed by atoms with Crippen molar-refractivity contribution in [3.05, 3.63) is 53.4 Å². The zero-order valence-corrected chi connectivity index (χ0v) is 12.5. The lowest BCUT2D eigenvalue weighted by Crippen LogP contribution is -2.22. The van der Waals surface area contributed by atoms with Crippen LogP contribution in [0.4, 0.5) is 0 Å². The van der Waals surface area contributed by atoms with E-state index in [4.69, 9.17) is 13.9 Å². The number of carbonyl (C=O) groups is 1. The van der Waals surface area contributed by atoms with Crippen LogP contribution in [-0.2, 0) is 6.54 Å². The third kappa shape index (κ3) is 2.59. The number of hydrogen-bond acceptors (Lipinski definition) is 5. The van der Waals surface area contributed by atoms with Crippen molar-refractivity contribution in [3.63, 3.8) is 0 Å². The Labute approximate surface area is 132 Å². The fourth-order valence-corrected chi connectivity index (χ4v) is 2.46. The number of benzene rings is 1. The molecule has 0 saturated carbocycles. The largest absolute Gasteiger partial charge is 0.454 e. The van der Waals surface area contributed by atoms with Crippen LogP contribution < -0.4 is 14.8 Å². The molecule has 0 fully saturated rings. The van der Waals surface area contributed by atoms with Crippen LogP contribution in [0.5, 0.6) is 11.5 Å². The Hall–Kier alpha value is -3.02. The van der Waals surface area contributed by atoms with Gasteiger partial charge in [0.15, 0.2) is 22.8 Å². The summed E-state index contributed by atoms with van der Waals surface area (Å²) >= 11 is 0. The van der Waals surface area contributed by atoms with Crippen molar-refractivity contribution in [2.75, 3.05) is 6.79 Å². The predicted octanol–water partition coefficient (Wildman–Crippen LogP) is 2.79. The predicted molar refractivity (Wildman–Crippen MR) is 82.5 cm³/mol. The molecule has 0 bridgehead atoms. The fraction of sp³-hybridized carbons (Fsp3) is 0.176. The van der Waals surface area contributed by atoms with Gasteiger partial charge in [0.25, 0.3) is 5.91 Å². The molecule has 1 N–H and O–H groups in total. The Kier molecular flexibility index (Phi) is 3.15. The van der Waals surface area contributed by atoms with Crippen LogP contribution in [0.15, 0.2) is 40.8 Å². The molecule has 1 amide bonds. The van der Waals surface area contributed by atoms with Gasteiger partial charge in [0.2, 0.25) is 6.79 Å². The molecule has 3 heterocycles. The summed E-state index contributed by atoms with van der Waals surface area (Å²) in [5.74, 6) is 1.39. The van der Waals surface area contributed by atoms with Crippen molar-refractivity contribution in [1.82, 2.24) is 10.3 Å². The van der Waals surface area contributed by atoms with Gasteiger partial charge in [-0.3, -0.25) is 4.79 Å². The summed E-state index contributed by atoms with van der Waals surface area (Å²) in [5, 5.41) is 2.83. The summed E-state index contributed by atoms with van der Waals surface area (Å²) in [7, 11) is 0. The third-order valence-corrected chi connectivity index (χ3v) is 3.63. The highest BCUT2D eigenvalue weighted by atomic mass is 16.7. The number of carbonyl (C=O) groups excluding carboxylic acids is 1. The van der Waals surface area contributed by atoms with Gasteiger partial charge in [-0.15, -0.1) is 0 Å². The van der Waals surface area contributed by atoms with Crippen molar-refractivity contribution < 1.29 is 18.7 Å². The Balaban J connectivity index is 1.48. The van der Waals surface area contributed by atoms with E-state index in [0.717, 1.165) is 17.0 Å². The number of pyridine rings is 1. The van der Waals surface area contributed by atoms with Crippen LogP contribution in [0.3, 0.4) is 0 Å². The number of amides is 1. The van der Waals surface area contributed by atoms with Crippen molar-refractivity contribution in [3.8, 4) is 11.5 Å². The van der Waals surface area contributed by atoms with Crippen LogP contribution >= 0.6 is 0 Å². The summed E-state index contributed by atoms with van der Waals surface area (Å²) in [6, 6.07) is 10.9. The van der Waals surface area contributed by atoms with Gasteiger partial charge in [-0.1, -0.05) is 6.07 Å². The Morgan fingerprint density at radius 1 is 1.17 bits per heavy atom. The molecule has 1 aromatic carbocycles. The quantitative estimate of drug-likeness (QED) is 0.805. The number of furan rings is 1. The van der Waals surface area contributed by atoms with Gasteiger partial charge in [0.05, 0.1) is 0 Å². The molecule has 0 spiro atoms. The van der Waals surface area contributed by atoms with E-state index < -0.39 is 0 Å². The van der Waals surface area contributed by atoms with Crippen LogP contribution in [0.25, 0.3) is 11.1 Å². The molecule has 0 unspecified atom stereocenters. The average molecular weight is 310 g/mol. The van der Waals surface area contributed by atoms with E-state index in [2.05, 4.69) is 10.3 Å². The van der Waals surface area contributed by atoms with Gasteiger partial charge in [-0.05, 0) is 36.8 Å². The molecule has 23 heavy (non-hydrogen) atoms. The molecule has 3 aromatic rings. The summed E-state index contributed by atoms with van der Waals surface area (Å²) in [6.45, 7) is 2.50. The number of aryl methyl sites for hydroxylation is 1. The SMILES string of the molecule is Cc1ccc2oc(C(=O)NCc3ccc4c(c3)OCO4)cc2n1. The molecule has 6 heteroatoms. The zero-order valence-electron chi connectivity index (χ0n) is 12.5. The summed E-state index contributed by atoms with van der Waals surface area (Å²) in [4.78, 5) is 16.5. The molecule has 0 saturated heterocycles. The maximum absolute atomic E-state index is 12.2. The Morgan fingerprint density at radius 3 is 2.96 bits per heavy atom. The number of rotatable bonds is 3. The van der Waals surface area contributed by atoms with Gasteiger partial charge < -0.3 is 19.2 Å². The number of ether oxygens (including phenoxy) is 2. The van der Waals surface area contributed by atoms with E-state index in [-0.39, 0.29) is 18.5 Å². The second-order valence-electron chi connectivity index (χ2n) is 5.32. The molecule has 6 nitrogen and oxygen atoms in total. The minimum atomic E-state index is -0.279. The van der Waals surface area contributed by atoms with E-state index in [0.29, 0.717) is 23.4 Å². The minimum Gasteiger partial charge on any atom is -0.454 e. The first kappa shape index (κ1) is 13.6. The first-order chi connectivity index (χ1) is 11.2. The molecule has 4 rings (SSSR count). The first-order valence-corrected chi connectivity index (χ1v) is 7.23. The standard InChI is InChI=1S/C17H14N2O4/c1-10-2-4-13-12(19-10)7-16(23-13)17(20)18-8-11-3-5-14-15(6-11)22-9-21-14/h2-7H,8-9H2,1H3,(H,18,20). The summed E-state index contributed by atoms with van der Waals surface area (Å²) in [5.41, 5.74) is 3.08. The molecule has 1 aliphatic rings. The second kappa shape index (κ2) is 5.31. The highest BCUT2D eigenvalue weighted by Gasteiger charge is 2.15. The van der Waals surface area contributed by atoms with Gasteiger partial charge in [-0.25, -0.2) is 4.98 Å². The Bertz CT molecular complexity index is 901. The second-order valence-corrected chi connectivity index (χ2v) is 5.32. The lowest BCUT2D eigenvalue weighted by molar-refractivity contribution is 0.0925. The minimum absolute atomic E-state index is 0.233. The monoisotopic (exact) mass is 310 g/mol. The Morgan fingerprint density at radius 2 is 2.04 bits per heavy atom. The molecule has 0 aliphatic carbocycles. The van der Waals surface area contributed by atoms with Crippen LogP contribution in [0.2, 0.25) is 0 Å². The summed E-state index contributed by atoms with van der Waals surface area (Å²) < 4.78 is 16.1. The van der Waals surface area contributed by atoms with Gasteiger partial charge in [-0.2, -0.15) is 0 Å². The maximum Gasteiger partial charge on any atom is 0.287 e. The smallest absolute Gasteiger partial charge is 0.287 e. The fourth-order valence-electron chi connectivity index (χ4n) is 2.46. The van der Waals surface area contributed by atoms with Gasteiger partial charge in [0, 0.05) is 18.3 Å². The van der Waals surface area contributed by atoms with E-state index >= 15 is 0 Å². The summed E-state index contributed by atoms with van der Waals surface area (Å²) in [6.07, 6.45) is 0. The first-order valence-electron chi connectivity index (χ1n) is 7.23. The van der Waals surface area contributed by atoms with Crippen molar-refractivity contribution in [2.24, 2.45) is 0 Å². The van der Waals surface area contributed by atoms with E-state index in [9.17, 15) is 4.79 Å². The molecular formula is C17H14N2O4. The zero-order chi connectivity index (χ0) is 15.8. The van der Waals surface area contributed by atoms with Crippen LogP contribution in [0.1, 0.15) is 21.8 Å². The van der Waals surface area contributed by atoms with Gasteiger partial charge >= 0.3 is 0 Å². The lowest BCUT2D eigenvalue weighted by atomic mass is 10.2. The van der Waals surface area contributed by atoms with Crippen molar-refractivity contribution >= 4 is 17.0 Å². The number of hydrogen-bond donors (Lipinski definition) is 1. The topological polar surface area (TPSA) is 73.6 Å². The molecule has 116 valence electrons. The lowest BCUT2D eigenvalue weighted by Gasteiger charge is -2.04. The maximum atomic E-state index is 12.2. The molecule has 1 aliphatic heterocycles. The molecular weight excluding hydrogens is 296 g/mol. The van der Waals surface area contributed by atoms with E-state index in [1.165, 1.54) is 0 Å². The molecule has 2 aromatic heterocycles. The van der Waals surface area contributed by atoms with Gasteiger partial charge in [0.1, 0.15) is 5.52 Å². The van der Waals surface area contributed by atoms with Crippen LogP contribution in [-0.4, -0.2) is 17.7 Å². The highest BCUT2D eigenvalue weighted by Crippen LogP contribution is 2.32. The van der Waals surface area contributed by atoms with Crippen molar-refractivity contribution in [1.29, 1.82) is 0 Å². The van der Waals surface area contributed by atoms with E-state index in [1.807, 2.05) is 37.3 Å². The number of nitrogens with one attached hydrogen (secondary N) is 1. The number of aromatic nitrogens is 1. The third-order valence-electron chi connectivity index (χ3n) is 3.63. The van der Waals surface area contributed by atoms with Crippen molar-refractivity contribution in [2.45, 2.75) is 13.5 Å². The molecule has 0 radical (unpaired) electrons. The van der Waals surface area contributed by atoms with E-state index in [1.54, 1.807) is 6.07 Å². The number of fused-ring (bicyclic) bond motifs is 2. The average Bonchev–Trinajstić information content (AvgIpc) is 3.17. The molecule has 0 atom stereocenters. The van der Waals surface area contributed by atoms with Crippen LogP contribution in [0, 0.1) is 6.92 Å². The highest BCUT2D eigenvalue weighted by molar-refractivity contribution is 5.95. The number of nitrogens with zero attached hydrogens (tertiary/aromatic N) is 1. The normalized spacial score (nSPS) is 12.6.